The number of amides is 2. The van der Waals surface area contributed by atoms with Crippen LogP contribution in [0.2, 0.25) is 0 Å². The van der Waals surface area contributed by atoms with Gasteiger partial charge in [-0.1, -0.05) is 12.1 Å². The Morgan fingerprint density at radius 1 is 1.45 bits per heavy atom. The molecule has 1 aromatic rings. The van der Waals surface area contributed by atoms with Crippen molar-refractivity contribution in [3.8, 4) is 0 Å². The minimum atomic E-state index is -0.823. The molecule has 1 N–H and O–H groups in total. The van der Waals surface area contributed by atoms with Gasteiger partial charge in [-0.2, -0.15) is 4.98 Å². The van der Waals surface area contributed by atoms with Gasteiger partial charge in [-0.25, -0.2) is 0 Å². The van der Waals surface area contributed by atoms with E-state index < -0.39 is 11.6 Å². The highest BCUT2D eigenvalue weighted by atomic mass is 16.5. The third-order valence-electron chi connectivity index (χ3n) is 3.83. The summed E-state index contributed by atoms with van der Waals surface area (Å²) in [5.41, 5.74) is -0.823. The Hall–Kier alpha value is -1.92. The molecule has 1 saturated heterocycles. The molecule has 2 heterocycles. The normalized spacial score (nSPS) is 26.8. The smallest absolute Gasteiger partial charge is 0.248 e. The van der Waals surface area contributed by atoms with Gasteiger partial charge in [0, 0.05) is 19.9 Å². The Labute approximate surface area is 117 Å². The summed E-state index contributed by atoms with van der Waals surface area (Å²) in [5, 5.41) is 6.60. The summed E-state index contributed by atoms with van der Waals surface area (Å²) < 4.78 is 4.90. The molecule has 0 spiro atoms. The van der Waals surface area contributed by atoms with Crippen LogP contribution in [-0.2, 0) is 16.0 Å². The first-order valence-corrected chi connectivity index (χ1v) is 6.79. The number of nitrogens with one attached hydrogen (secondary N) is 1. The van der Waals surface area contributed by atoms with Crippen LogP contribution < -0.4 is 5.32 Å². The van der Waals surface area contributed by atoms with Crippen molar-refractivity contribution in [2.24, 2.45) is 0 Å². The van der Waals surface area contributed by atoms with Gasteiger partial charge < -0.3 is 14.7 Å². The third-order valence-corrected chi connectivity index (χ3v) is 3.83. The van der Waals surface area contributed by atoms with Crippen LogP contribution in [-0.4, -0.2) is 45.0 Å². The lowest BCUT2D eigenvalue weighted by Gasteiger charge is -2.42. The van der Waals surface area contributed by atoms with Crippen LogP contribution in [0, 0.1) is 6.92 Å². The van der Waals surface area contributed by atoms with Crippen molar-refractivity contribution in [2.45, 2.75) is 52.1 Å². The molecule has 2 rings (SSSR count). The zero-order chi connectivity index (χ0) is 14.9. The largest absolute Gasteiger partial charge is 0.340 e. The van der Waals surface area contributed by atoms with E-state index in [2.05, 4.69) is 15.5 Å². The first kappa shape index (κ1) is 14.5. The second kappa shape index (κ2) is 5.22. The third kappa shape index (κ3) is 2.52. The average Bonchev–Trinajstić information content (AvgIpc) is 2.82. The van der Waals surface area contributed by atoms with E-state index in [-0.39, 0.29) is 11.8 Å². The van der Waals surface area contributed by atoms with Gasteiger partial charge in [0.2, 0.25) is 17.7 Å². The van der Waals surface area contributed by atoms with Gasteiger partial charge in [0.05, 0.1) is 0 Å². The lowest BCUT2D eigenvalue weighted by Crippen LogP contribution is -2.68. The predicted molar refractivity (Wildman–Crippen MR) is 70.8 cm³/mol. The highest BCUT2D eigenvalue weighted by Crippen LogP contribution is 2.21. The maximum atomic E-state index is 12.5. The zero-order valence-corrected chi connectivity index (χ0v) is 12.3. The maximum Gasteiger partial charge on any atom is 0.248 e. The zero-order valence-electron chi connectivity index (χ0n) is 12.3. The fourth-order valence-electron chi connectivity index (χ4n) is 2.26. The maximum absolute atomic E-state index is 12.5. The van der Waals surface area contributed by atoms with Crippen molar-refractivity contribution in [2.75, 3.05) is 6.54 Å². The molecule has 2 atom stereocenters. The van der Waals surface area contributed by atoms with Crippen LogP contribution in [0.1, 0.15) is 38.9 Å². The number of rotatable bonds is 4. The molecule has 0 aromatic carbocycles. The molecule has 20 heavy (non-hydrogen) atoms. The van der Waals surface area contributed by atoms with Gasteiger partial charge in [-0.3, -0.25) is 9.59 Å². The molecule has 0 radical (unpaired) electrons. The lowest BCUT2D eigenvalue weighted by atomic mass is 9.92. The Kier molecular flexibility index (Phi) is 3.78. The van der Waals surface area contributed by atoms with E-state index in [4.69, 9.17) is 4.52 Å². The minimum absolute atomic E-state index is 0.0627. The molecule has 110 valence electrons. The molecular formula is C13H20N4O3. The first-order valence-electron chi connectivity index (χ1n) is 6.79. The quantitative estimate of drug-likeness (QED) is 0.864. The Morgan fingerprint density at radius 2 is 2.15 bits per heavy atom. The van der Waals surface area contributed by atoms with Gasteiger partial charge in [0.1, 0.15) is 11.6 Å². The SMILES string of the molecule is CCC1(C)NC(=O)C(C)N(CCc2noc(C)n2)C1=O. The standard InChI is InChI=1S/C13H20N4O3/c1-5-13(4)12(19)17(8(2)11(18)15-13)7-6-10-14-9(3)20-16-10/h8H,5-7H2,1-4H3,(H,15,18). The van der Waals surface area contributed by atoms with Crippen molar-refractivity contribution in [3.63, 3.8) is 0 Å². The number of aromatic nitrogens is 2. The second-order valence-corrected chi connectivity index (χ2v) is 5.33. The summed E-state index contributed by atoms with van der Waals surface area (Å²) >= 11 is 0. The molecule has 1 fully saturated rings. The molecule has 1 aromatic heterocycles. The molecule has 1 aliphatic rings. The van der Waals surface area contributed by atoms with E-state index in [1.54, 1.807) is 25.7 Å². The molecule has 0 aliphatic carbocycles. The van der Waals surface area contributed by atoms with Gasteiger partial charge in [0.25, 0.3) is 0 Å². The van der Waals surface area contributed by atoms with Gasteiger partial charge in [-0.15, -0.1) is 0 Å². The van der Waals surface area contributed by atoms with Crippen molar-refractivity contribution >= 4 is 11.8 Å². The van der Waals surface area contributed by atoms with Crippen molar-refractivity contribution in [1.29, 1.82) is 0 Å². The molecule has 0 bridgehead atoms. The van der Waals surface area contributed by atoms with Crippen molar-refractivity contribution in [3.05, 3.63) is 11.7 Å². The number of carbonyl (C=O) groups excluding carboxylic acids is 2. The number of hydrogen-bond acceptors (Lipinski definition) is 5. The van der Waals surface area contributed by atoms with E-state index >= 15 is 0 Å². The number of aryl methyl sites for hydroxylation is 1. The monoisotopic (exact) mass is 280 g/mol. The topological polar surface area (TPSA) is 88.3 Å². The summed E-state index contributed by atoms with van der Waals surface area (Å²) in [6, 6.07) is -0.477. The Bertz CT molecular complexity index is 527. The number of carbonyl (C=O) groups is 2. The molecule has 2 unspecified atom stereocenters. The van der Waals surface area contributed by atoms with E-state index in [9.17, 15) is 9.59 Å². The predicted octanol–water partition coefficient (Wildman–Crippen LogP) is 0.436. The highest BCUT2D eigenvalue weighted by Gasteiger charge is 2.45. The summed E-state index contributed by atoms with van der Waals surface area (Å²) in [5.74, 6) is 0.853. The van der Waals surface area contributed by atoms with Crippen molar-refractivity contribution < 1.29 is 14.1 Å². The van der Waals surface area contributed by atoms with Crippen LogP contribution in [0.3, 0.4) is 0 Å². The van der Waals surface area contributed by atoms with Crippen LogP contribution in [0.5, 0.6) is 0 Å². The van der Waals surface area contributed by atoms with Crippen LogP contribution in [0.25, 0.3) is 0 Å². The average molecular weight is 280 g/mol. The first-order chi connectivity index (χ1) is 9.37. The molecular weight excluding hydrogens is 260 g/mol. The van der Waals surface area contributed by atoms with Gasteiger partial charge in [-0.05, 0) is 20.3 Å². The molecule has 7 nitrogen and oxygen atoms in total. The summed E-state index contributed by atoms with van der Waals surface area (Å²) in [6.45, 7) is 7.48. The number of nitrogens with zero attached hydrogens (tertiary/aromatic N) is 3. The summed E-state index contributed by atoms with van der Waals surface area (Å²) in [7, 11) is 0. The second-order valence-electron chi connectivity index (χ2n) is 5.33. The van der Waals surface area contributed by atoms with E-state index in [1.807, 2.05) is 6.92 Å². The Morgan fingerprint density at radius 3 is 2.70 bits per heavy atom. The number of piperazine rings is 1. The van der Waals surface area contributed by atoms with E-state index in [0.717, 1.165) is 0 Å². The van der Waals surface area contributed by atoms with E-state index in [1.165, 1.54) is 0 Å². The van der Waals surface area contributed by atoms with Gasteiger partial charge >= 0.3 is 0 Å². The fourth-order valence-corrected chi connectivity index (χ4v) is 2.26. The fraction of sp³-hybridized carbons (Fsp3) is 0.692. The van der Waals surface area contributed by atoms with Crippen LogP contribution in [0.15, 0.2) is 4.52 Å². The molecule has 1 aliphatic heterocycles. The molecule has 0 saturated carbocycles. The summed E-state index contributed by atoms with van der Waals surface area (Å²) in [4.78, 5) is 30.2. The van der Waals surface area contributed by atoms with Crippen molar-refractivity contribution in [1.82, 2.24) is 20.4 Å². The molecule has 7 heteroatoms. The van der Waals surface area contributed by atoms with Crippen LogP contribution >= 0.6 is 0 Å². The summed E-state index contributed by atoms with van der Waals surface area (Å²) in [6.07, 6.45) is 1.03. The highest BCUT2D eigenvalue weighted by molar-refractivity contribution is 5.99. The number of hydrogen-bond donors (Lipinski definition) is 1. The Balaban J connectivity index is 2.11. The van der Waals surface area contributed by atoms with Gasteiger partial charge in [0.15, 0.2) is 5.82 Å². The molecule has 2 amide bonds. The van der Waals surface area contributed by atoms with Crippen LogP contribution in [0.4, 0.5) is 0 Å². The van der Waals surface area contributed by atoms with E-state index in [0.29, 0.717) is 31.1 Å². The lowest BCUT2D eigenvalue weighted by molar-refractivity contribution is -0.153. The minimum Gasteiger partial charge on any atom is -0.340 e.